The molecule has 5 heteroatoms. The molecule has 0 spiro atoms. The van der Waals surface area contributed by atoms with Gasteiger partial charge in [-0.25, -0.2) is 4.39 Å². The summed E-state index contributed by atoms with van der Waals surface area (Å²) in [6.45, 7) is 1.63. The van der Waals surface area contributed by atoms with Gasteiger partial charge in [-0.2, -0.15) is 0 Å². The van der Waals surface area contributed by atoms with Crippen LogP contribution in [0.1, 0.15) is 11.1 Å². The summed E-state index contributed by atoms with van der Waals surface area (Å²) in [7, 11) is 0. The fourth-order valence-electron chi connectivity index (χ4n) is 1.05. The van der Waals surface area contributed by atoms with Crippen molar-refractivity contribution in [2.75, 3.05) is 0 Å². The molecule has 0 aliphatic carbocycles. The molecule has 80 valence electrons. The summed E-state index contributed by atoms with van der Waals surface area (Å²) in [6, 6.07) is 2.71. The highest BCUT2D eigenvalue weighted by Gasteiger charge is 2.06. The molecular weight excluding hydrogens is 221 g/mol. The summed E-state index contributed by atoms with van der Waals surface area (Å²) in [5.41, 5.74) is 0.875. The predicted molar refractivity (Wildman–Crippen MR) is 54.1 cm³/mol. The molecule has 0 aliphatic heterocycles. The molecule has 0 radical (unpaired) electrons. The molecule has 1 aromatic rings. The third-order valence-electron chi connectivity index (χ3n) is 1.89. The van der Waals surface area contributed by atoms with Crippen molar-refractivity contribution in [2.45, 2.75) is 13.5 Å². The monoisotopic (exact) mass is 229 g/mol. The number of benzene rings is 1. The van der Waals surface area contributed by atoms with Gasteiger partial charge >= 0.3 is 0 Å². The van der Waals surface area contributed by atoms with E-state index in [9.17, 15) is 14.0 Å². The number of carbonyl (C=O) groups is 2. The summed E-state index contributed by atoms with van der Waals surface area (Å²) in [6.07, 6.45) is 0.151. The molecule has 0 atom stereocenters. The van der Waals surface area contributed by atoms with Crippen molar-refractivity contribution >= 4 is 23.8 Å². The van der Waals surface area contributed by atoms with E-state index < -0.39 is 11.7 Å². The number of amides is 1. The van der Waals surface area contributed by atoms with Crippen LogP contribution in [0.25, 0.3) is 0 Å². The van der Waals surface area contributed by atoms with Crippen LogP contribution in [0.2, 0.25) is 5.02 Å². The van der Waals surface area contributed by atoms with Crippen LogP contribution < -0.4 is 5.32 Å². The van der Waals surface area contributed by atoms with Crippen molar-refractivity contribution in [3.05, 3.63) is 34.1 Å². The summed E-state index contributed by atoms with van der Waals surface area (Å²) in [5.74, 6) is -1.15. The fourth-order valence-corrected chi connectivity index (χ4v) is 1.33. The first-order valence-electron chi connectivity index (χ1n) is 4.22. The van der Waals surface area contributed by atoms with Gasteiger partial charge in [0.2, 0.25) is 6.29 Å². The molecule has 0 heterocycles. The SMILES string of the molecule is Cc1cc(Cl)c(CNC(=O)C=O)cc1F. The van der Waals surface area contributed by atoms with Crippen molar-refractivity contribution in [3.8, 4) is 0 Å². The van der Waals surface area contributed by atoms with E-state index in [-0.39, 0.29) is 12.8 Å². The minimum atomic E-state index is -0.757. The molecule has 3 nitrogen and oxygen atoms in total. The number of halogens is 2. The fraction of sp³-hybridized carbons (Fsp3) is 0.200. The van der Waals surface area contributed by atoms with E-state index >= 15 is 0 Å². The maximum Gasteiger partial charge on any atom is 0.284 e. The maximum absolute atomic E-state index is 13.1. The van der Waals surface area contributed by atoms with Gasteiger partial charge in [-0.1, -0.05) is 11.6 Å². The van der Waals surface area contributed by atoms with E-state index in [0.29, 0.717) is 16.1 Å². The van der Waals surface area contributed by atoms with Gasteiger partial charge in [-0.15, -0.1) is 0 Å². The van der Waals surface area contributed by atoms with Crippen LogP contribution in [0.3, 0.4) is 0 Å². The predicted octanol–water partition coefficient (Wildman–Crippen LogP) is 1.60. The lowest BCUT2D eigenvalue weighted by Gasteiger charge is -2.06. The van der Waals surface area contributed by atoms with Gasteiger partial charge in [0.25, 0.3) is 5.91 Å². The van der Waals surface area contributed by atoms with Crippen LogP contribution in [0.4, 0.5) is 4.39 Å². The maximum atomic E-state index is 13.1. The summed E-state index contributed by atoms with van der Waals surface area (Å²) < 4.78 is 13.1. The molecule has 0 bridgehead atoms. The van der Waals surface area contributed by atoms with Crippen LogP contribution in [-0.4, -0.2) is 12.2 Å². The van der Waals surface area contributed by atoms with Crippen molar-refractivity contribution in [1.29, 1.82) is 0 Å². The van der Waals surface area contributed by atoms with Crippen LogP contribution in [0.15, 0.2) is 12.1 Å². The van der Waals surface area contributed by atoms with E-state index in [1.165, 1.54) is 12.1 Å². The Morgan fingerprint density at radius 1 is 1.60 bits per heavy atom. The van der Waals surface area contributed by atoms with Gasteiger partial charge in [-0.3, -0.25) is 9.59 Å². The zero-order valence-electron chi connectivity index (χ0n) is 8.01. The van der Waals surface area contributed by atoms with Gasteiger partial charge in [0.15, 0.2) is 0 Å². The number of carbonyl (C=O) groups excluding carboxylic acids is 2. The van der Waals surface area contributed by atoms with Gasteiger partial charge in [-0.05, 0) is 30.2 Å². The average molecular weight is 230 g/mol. The molecule has 1 rings (SSSR count). The molecule has 0 aromatic heterocycles. The standard InChI is InChI=1S/C10H9ClFNO2/c1-6-2-8(11)7(3-9(6)12)4-13-10(15)5-14/h2-3,5H,4H2,1H3,(H,13,15). The third kappa shape index (κ3) is 3.02. The van der Waals surface area contributed by atoms with Gasteiger partial charge in [0, 0.05) is 11.6 Å². The molecule has 0 saturated heterocycles. The first-order valence-corrected chi connectivity index (χ1v) is 4.60. The topological polar surface area (TPSA) is 46.2 Å². The lowest BCUT2D eigenvalue weighted by Crippen LogP contribution is -2.23. The molecule has 0 saturated carbocycles. The number of aldehydes is 1. The molecule has 15 heavy (non-hydrogen) atoms. The molecule has 0 fully saturated rings. The number of nitrogens with one attached hydrogen (secondary N) is 1. The molecule has 0 aliphatic rings. The smallest absolute Gasteiger partial charge is 0.284 e. The van der Waals surface area contributed by atoms with E-state index in [0.717, 1.165) is 0 Å². The quantitative estimate of drug-likeness (QED) is 0.632. The number of aryl methyl sites for hydroxylation is 1. The Bertz CT molecular complexity index is 407. The molecular formula is C10H9ClFNO2. The largest absolute Gasteiger partial charge is 0.346 e. The Kier molecular flexibility index (Phi) is 3.80. The van der Waals surface area contributed by atoms with E-state index in [1.807, 2.05) is 0 Å². The van der Waals surface area contributed by atoms with Crippen LogP contribution in [0.5, 0.6) is 0 Å². The van der Waals surface area contributed by atoms with Crippen molar-refractivity contribution in [1.82, 2.24) is 5.32 Å². The lowest BCUT2D eigenvalue weighted by atomic mass is 10.1. The first-order chi connectivity index (χ1) is 7.04. The Hall–Kier alpha value is -1.42. The number of hydrogen-bond acceptors (Lipinski definition) is 2. The van der Waals surface area contributed by atoms with Crippen LogP contribution >= 0.6 is 11.6 Å². The van der Waals surface area contributed by atoms with Crippen molar-refractivity contribution in [2.24, 2.45) is 0 Å². The second-order valence-electron chi connectivity index (χ2n) is 3.03. The Morgan fingerprint density at radius 3 is 2.87 bits per heavy atom. The second kappa shape index (κ2) is 4.89. The molecule has 1 amide bonds. The summed E-state index contributed by atoms with van der Waals surface area (Å²) in [5, 5.41) is 2.64. The molecule has 0 unspecified atom stereocenters. The molecule has 1 aromatic carbocycles. The van der Waals surface area contributed by atoms with E-state index in [4.69, 9.17) is 11.6 Å². The van der Waals surface area contributed by atoms with E-state index in [2.05, 4.69) is 5.32 Å². The first kappa shape index (κ1) is 11.7. The highest BCUT2D eigenvalue weighted by atomic mass is 35.5. The zero-order chi connectivity index (χ0) is 11.4. The van der Waals surface area contributed by atoms with Crippen LogP contribution in [0, 0.1) is 12.7 Å². The Morgan fingerprint density at radius 2 is 2.27 bits per heavy atom. The van der Waals surface area contributed by atoms with Gasteiger partial charge in [0.05, 0.1) is 0 Å². The minimum absolute atomic E-state index is 0.0353. The zero-order valence-corrected chi connectivity index (χ0v) is 8.77. The number of rotatable bonds is 3. The van der Waals surface area contributed by atoms with Gasteiger partial charge < -0.3 is 5.32 Å². The van der Waals surface area contributed by atoms with Crippen LogP contribution in [-0.2, 0) is 16.1 Å². The average Bonchev–Trinajstić information content (AvgIpc) is 2.21. The normalized spacial score (nSPS) is 9.80. The highest BCUT2D eigenvalue weighted by molar-refractivity contribution is 6.31. The Balaban J connectivity index is 2.81. The molecule has 1 N–H and O–H groups in total. The second-order valence-corrected chi connectivity index (χ2v) is 3.44. The lowest BCUT2D eigenvalue weighted by molar-refractivity contribution is -0.131. The highest BCUT2D eigenvalue weighted by Crippen LogP contribution is 2.20. The number of hydrogen-bond donors (Lipinski definition) is 1. The Labute approximate surface area is 91.2 Å². The van der Waals surface area contributed by atoms with Crippen molar-refractivity contribution < 1.29 is 14.0 Å². The van der Waals surface area contributed by atoms with E-state index in [1.54, 1.807) is 6.92 Å². The minimum Gasteiger partial charge on any atom is -0.346 e. The summed E-state index contributed by atoms with van der Waals surface area (Å²) in [4.78, 5) is 20.6. The van der Waals surface area contributed by atoms with Crippen molar-refractivity contribution in [3.63, 3.8) is 0 Å². The van der Waals surface area contributed by atoms with Gasteiger partial charge in [0.1, 0.15) is 5.82 Å². The third-order valence-corrected chi connectivity index (χ3v) is 2.24. The summed E-state index contributed by atoms with van der Waals surface area (Å²) >= 11 is 5.82.